The van der Waals surface area contributed by atoms with E-state index >= 15 is 0 Å². The standard InChI is InChI=1S/C16H24N4O2/c1-12-10-17-7-8-20(12)11-15(21)18-14-6-4-5-13(9-14)16(22)19(2)3/h4-6,9,12,17H,7-8,10-11H2,1-3H3,(H,18,21)/t12-/m0/s1. The van der Waals surface area contributed by atoms with E-state index in [0.29, 0.717) is 23.8 Å². The lowest BCUT2D eigenvalue weighted by Gasteiger charge is -2.33. The predicted octanol–water partition coefficient (Wildman–Crippen LogP) is 0.621. The third-order valence-corrected chi connectivity index (χ3v) is 3.79. The van der Waals surface area contributed by atoms with Crippen molar-refractivity contribution in [2.24, 2.45) is 0 Å². The summed E-state index contributed by atoms with van der Waals surface area (Å²) in [5.41, 5.74) is 1.22. The second-order valence-corrected chi connectivity index (χ2v) is 5.85. The van der Waals surface area contributed by atoms with Crippen LogP contribution in [-0.2, 0) is 4.79 Å². The van der Waals surface area contributed by atoms with Gasteiger partial charge in [-0.25, -0.2) is 0 Å². The molecule has 0 unspecified atom stereocenters. The van der Waals surface area contributed by atoms with E-state index in [2.05, 4.69) is 22.5 Å². The Morgan fingerprint density at radius 1 is 1.41 bits per heavy atom. The molecule has 0 aromatic heterocycles. The minimum atomic E-state index is -0.0770. The molecule has 22 heavy (non-hydrogen) atoms. The Morgan fingerprint density at radius 3 is 2.86 bits per heavy atom. The van der Waals surface area contributed by atoms with Gasteiger partial charge < -0.3 is 15.5 Å². The van der Waals surface area contributed by atoms with Crippen molar-refractivity contribution in [1.29, 1.82) is 0 Å². The van der Waals surface area contributed by atoms with Crippen molar-refractivity contribution >= 4 is 17.5 Å². The molecule has 1 aromatic rings. The van der Waals surface area contributed by atoms with Crippen LogP contribution in [0.4, 0.5) is 5.69 Å². The first kappa shape index (κ1) is 16.5. The second-order valence-electron chi connectivity index (χ2n) is 5.85. The van der Waals surface area contributed by atoms with Crippen molar-refractivity contribution in [3.63, 3.8) is 0 Å². The van der Waals surface area contributed by atoms with Gasteiger partial charge in [-0.15, -0.1) is 0 Å². The third-order valence-electron chi connectivity index (χ3n) is 3.79. The largest absolute Gasteiger partial charge is 0.345 e. The van der Waals surface area contributed by atoms with Gasteiger partial charge in [-0.2, -0.15) is 0 Å². The van der Waals surface area contributed by atoms with E-state index < -0.39 is 0 Å². The number of nitrogens with one attached hydrogen (secondary N) is 2. The molecule has 1 heterocycles. The molecule has 1 saturated heterocycles. The van der Waals surface area contributed by atoms with Gasteiger partial charge in [0.05, 0.1) is 6.54 Å². The lowest BCUT2D eigenvalue weighted by molar-refractivity contribution is -0.118. The molecule has 2 N–H and O–H groups in total. The quantitative estimate of drug-likeness (QED) is 0.856. The van der Waals surface area contributed by atoms with Gasteiger partial charge in [0, 0.05) is 51.0 Å². The molecule has 2 rings (SSSR count). The number of piperazine rings is 1. The Labute approximate surface area is 131 Å². The van der Waals surface area contributed by atoms with Gasteiger partial charge in [-0.1, -0.05) is 6.07 Å². The fourth-order valence-electron chi connectivity index (χ4n) is 2.49. The highest BCUT2D eigenvalue weighted by Gasteiger charge is 2.20. The van der Waals surface area contributed by atoms with Crippen molar-refractivity contribution in [2.45, 2.75) is 13.0 Å². The lowest BCUT2D eigenvalue weighted by Crippen LogP contribution is -2.51. The summed E-state index contributed by atoms with van der Waals surface area (Å²) in [6.45, 7) is 5.16. The van der Waals surface area contributed by atoms with Crippen LogP contribution in [0.3, 0.4) is 0 Å². The van der Waals surface area contributed by atoms with Crippen molar-refractivity contribution in [3.05, 3.63) is 29.8 Å². The highest BCUT2D eigenvalue weighted by molar-refractivity contribution is 5.97. The molecule has 0 saturated carbocycles. The molecule has 1 fully saturated rings. The molecular formula is C16H24N4O2. The Kier molecular flexibility index (Phi) is 5.51. The molecule has 1 aromatic carbocycles. The van der Waals surface area contributed by atoms with Gasteiger partial charge >= 0.3 is 0 Å². The summed E-state index contributed by atoms with van der Waals surface area (Å²) in [7, 11) is 3.42. The molecule has 0 bridgehead atoms. The molecule has 2 amide bonds. The predicted molar refractivity (Wildman–Crippen MR) is 87.0 cm³/mol. The molecule has 1 aliphatic heterocycles. The summed E-state index contributed by atoms with van der Waals surface area (Å²) in [6.07, 6.45) is 0. The average molecular weight is 304 g/mol. The van der Waals surface area contributed by atoms with Crippen LogP contribution in [0.5, 0.6) is 0 Å². The molecule has 0 spiro atoms. The Bertz CT molecular complexity index is 545. The lowest BCUT2D eigenvalue weighted by atomic mass is 10.1. The summed E-state index contributed by atoms with van der Waals surface area (Å²) in [5, 5.41) is 6.17. The third kappa shape index (κ3) is 4.29. The van der Waals surface area contributed by atoms with Crippen molar-refractivity contribution in [3.8, 4) is 0 Å². The van der Waals surface area contributed by atoms with Gasteiger partial charge in [-0.3, -0.25) is 14.5 Å². The minimum absolute atomic E-state index is 0.0526. The van der Waals surface area contributed by atoms with Gasteiger partial charge in [-0.05, 0) is 25.1 Å². The van der Waals surface area contributed by atoms with Gasteiger partial charge in [0.2, 0.25) is 5.91 Å². The Hall–Kier alpha value is -1.92. The SMILES string of the molecule is C[C@H]1CNCCN1CC(=O)Nc1cccc(C(=O)N(C)C)c1. The number of benzene rings is 1. The first-order valence-electron chi connectivity index (χ1n) is 7.53. The molecule has 6 heteroatoms. The number of carbonyl (C=O) groups is 2. The number of hydrogen-bond donors (Lipinski definition) is 2. The van der Waals surface area contributed by atoms with E-state index in [-0.39, 0.29) is 11.8 Å². The van der Waals surface area contributed by atoms with Crippen LogP contribution in [0.1, 0.15) is 17.3 Å². The number of anilines is 1. The fraction of sp³-hybridized carbons (Fsp3) is 0.500. The number of hydrogen-bond acceptors (Lipinski definition) is 4. The number of rotatable bonds is 4. The monoisotopic (exact) mass is 304 g/mol. The normalized spacial score (nSPS) is 18.8. The van der Waals surface area contributed by atoms with E-state index in [4.69, 9.17) is 0 Å². The van der Waals surface area contributed by atoms with E-state index in [1.54, 1.807) is 38.4 Å². The summed E-state index contributed by atoms with van der Waals surface area (Å²) < 4.78 is 0. The van der Waals surface area contributed by atoms with Crippen LogP contribution in [-0.4, -0.2) is 67.9 Å². The van der Waals surface area contributed by atoms with Gasteiger partial charge in [0.1, 0.15) is 0 Å². The maximum Gasteiger partial charge on any atom is 0.253 e. The van der Waals surface area contributed by atoms with Crippen LogP contribution in [0.2, 0.25) is 0 Å². The van der Waals surface area contributed by atoms with E-state index in [1.165, 1.54) is 4.90 Å². The molecule has 6 nitrogen and oxygen atoms in total. The van der Waals surface area contributed by atoms with Crippen LogP contribution in [0.15, 0.2) is 24.3 Å². The van der Waals surface area contributed by atoms with Crippen LogP contribution < -0.4 is 10.6 Å². The zero-order valence-corrected chi connectivity index (χ0v) is 13.4. The van der Waals surface area contributed by atoms with E-state index in [0.717, 1.165) is 19.6 Å². The molecule has 1 atom stereocenters. The van der Waals surface area contributed by atoms with Crippen LogP contribution in [0.25, 0.3) is 0 Å². The van der Waals surface area contributed by atoms with Crippen LogP contribution in [0, 0.1) is 0 Å². The van der Waals surface area contributed by atoms with Crippen molar-refractivity contribution in [2.75, 3.05) is 45.6 Å². The summed E-state index contributed by atoms with van der Waals surface area (Å²) in [6, 6.07) is 7.38. The highest BCUT2D eigenvalue weighted by atomic mass is 16.2. The van der Waals surface area contributed by atoms with E-state index in [9.17, 15) is 9.59 Å². The minimum Gasteiger partial charge on any atom is -0.345 e. The topological polar surface area (TPSA) is 64.7 Å². The molecule has 120 valence electrons. The van der Waals surface area contributed by atoms with E-state index in [1.807, 2.05) is 0 Å². The second kappa shape index (κ2) is 7.38. The highest BCUT2D eigenvalue weighted by Crippen LogP contribution is 2.12. The first-order chi connectivity index (χ1) is 10.5. The number of amides is 2. The molecule has 0 radical (unpaired) electrons. The summed E-state index contributed by atoms with van der Waals surface area (Å²) in [5.74, 6) is -0.130. The van der Waals surface area contributed by atoms with Crippen molar-refractivity contribution in [1.82, 2.24) is 15.1 Å². The van der Waals surface area contributed by atoms with Crippen molar-refractivity contribution < 1.29 is 9.59 Å². The average Bonchev–Trinajstić information content (AvgIpc) is 2.49. The first-order valence-corrected chi connectivity index (χ1v) is 7.53. The summed E-state index contributed by atoms with van der Waals surface area (Å²) in [4.78, 5) is 27.8. The number of nitrogens with zero attached hydrogens (tertiary/aromatic N) is 2. The molecule has 0 aliphatic carbocycles. The fourth-order valence-corrected chi connectivity index (χ4v) is 2.49. The van der Waals surface area contributed by atoms with Crippen LogP contribution >= 0.6 is 0 Å². The maximum absolute atomic E-state index is 12.2. The smallest absolute Gasteiger partial charge is 0.253 e. The zero-order valence-electron chi connectivity index (χ0n) is 13.4. The number of carbonyl (C=O) groups excluding carboxylic acids is 2. The molecular weight excluding hydrogens is 280 g/mol. The van der Waals surface area contributed by atoms with Gasteiger partial charge in [0.15, 0.2) is 0 Å². The molecule has 1 aliphatic rings. The maximum atomic E-state index is 12.2. The zero-order chi connectivity index (χ0) is 16.1. The van der Waals surface area contributed by atoms with Gasteiger partial charge in [0.25, 0.3) is 5.91 Å². The summed E-state index contributed by atoms with van der Waals surface area (Å²) >= 11 is 0. The Balaban J connectivity index is 1.96. The Morgan fingerprint density at radius 2 is 2.18 bits per heavy atom.